The second kappa shape index (κ2) is 9.57. The first-order chi connectivity index (χ1) is 15.2. The van der Waals surface area contributed by atoms with Gasteiger partial charge < -0.3 is 4.74 Å². The van der Waals surface area contributed by atoms with Gasteiger partial charge >= 0.3 is 0 Å². The number of amides is 1. The number of aromatic nitrogens is 1. The Bertz CT molecular complexity index is 1260. The molecule has 7 nitrogen and oxygen atoms in total. The van der Waals surface area contributed by atoms with Crippen LogP contribution < -0.4 is 5.32 Å². The second-order valence-corrected chi connectivity index (χ2v) is 11.1. The number of carbonyl (C=O) groups excluding carboxylic acids is 1. The fourth-order valence-corrected chi connectivity index (χ4v) is 6.49. The summed E-state index contributed by atoms with van der Waals surface area (Å²) in [5, 5.41) is 2.90. The lowest BCUT2D eigenvalue weighted by Gasteiger charge is -2.26. The van der Waals surface area contributed by atoms with Crippen molar-refractivity contribution in [2.45, 2.75) is 15.5 Å². The molecule has 1 aliphatic heterocycles. The minimum Gasteiger partial charge on any atom is -0.379 e. The van der Waals surface area contributed by atoms with E-state index in [0.29, 0.717) is 26.9 Å². The van der Waals surface area contributed by atoms with Crippen molar-refractivity contribution >= 4 is 66.0 Å². The summed E-state index contributed by atoms with van der Waals surface area (Å²) >= 11 is 7.69. The van der Waals surface area contributed by atoms with Gasteiger partial charge in [-0.25, -0.2) is 13.4 Å². The fraction of sp³-hybridized carbons (Fsp3) is 0.263. The Kier molecular flexibility index (Phi) is 6.98. The molecule has 3 aromatic rings. The molecule has 2 aromatic carbocycles. The topological polar surface area (TPSA) is 88.6 Å². The van der Waals surface area contributed by atoms with E-state index in [1.807, 2.05) is 0 Å². The number of alkyl halides is 2. The van der Waals surface area contributed by atoms with E-state index in [1.165, 1.54) is 28.6 Å². The molecule has 170 valence electrons. The first kappa shape index (κ1) is 23.3. The Morgan fingerprint density at radius 2 is 1.97 bits per heavy atom. The lowest BCUT2D eigenvalue weighted by atomic mass is 10.2. The summed E-state index contributed by atoms with van der Waals surface area (Å²) in [7, 11) is -3.89. The van der Waals surface area contributed by atoms with Gasteiger partial charge in [0.1, 0.15) is 4.90 Å². The maximum absolute atomic E-state index is 13.0. The number of morpholine rings is 1. The molecular formula is C19H16ClF2N3O4S3. The zero-order valence-electron chi connectivity index (χ0n) is 16.3. The molecule has 1 saturated heterocycles. The van der Waals surface area contributed by atoms with E-state index < -0.39 is 21.7 Å². The Morgan fingerprint density at radius 3 is 2.69 bits per heavy atom. The minimum absolute atomic E-state index is 0.0112. The van der Waals surface area contributed by atoms with Gasteiger partial charge in [-0.3, -0.25) is 10.1 Å². The standard InChI is InChI=1S/C19H16ClF2N3O4S3/c20-13-3-1-11(9-16(13)32(27,28)25-5-7-29-8-6-25)17(26)24-19-23-14-4-2-12(30-18(21)22)10-15(14)31-19/h1-4,9-10,18H,5-8H2,(H,23,24,26). The third-order valence-electron chi connectivity index (χ3n) is 4.59. The summed E-state index contributed by atoms with van der Waals surface area (Å²) in [6.45, 7) is 0.970. The molecule has 0 saturated carbocycles. The highest BCUT2D eigenvalue weighted by Crippen LogP contribution is 2.33. The second-order valence-electron chi connectivity index (χ2n) is 6.64. The number of hydrogen-bond donors (Lipinski definition) is 1. The van der Waals surface area contributed by atoms with Gasteiger partial charge in [-0.2, -0.15) is 13.1 Å². The molecule has 32 heavy (non-hydrogen) atoms. The van der Waals surface area contributed by atoms with Crippen LogP contribution in [0, 0.1) is 0 Å². The van der Waals surface area contributed by atoms with E-state index in [-0.39, 0.29) is 46.9 Å². The van der Waals surface area contributed by atoms with Crippen molar-refractivity contribution in [2.24, 2.45) is 0 Å². The molecular weight excluding hydrogens is 504 g/mol. The smallest absolute Gasteiger partial charge is 0.288 e. The van der Waals surface area contributed by atoms with Crippen molar-refractivity contribution < 1.29 is 26.7 Å². The average molecular weight is 520 g/mol. The molecule has 13 heteroatoms. The summed E-state index contributed by atoms with van der Waals surface area (Å²) in [4.78, 5) is 17.3. The van der Waals surface area contributed by atoms with Crippen molar-refractivity contribution in [1.29, 1.82) is 0 Å². The molecule has 0 aliphatic carbocycles. The van der Waals surface area contributed by atoms with Crippen LogP contribution in [-0.4, -0.2) is 55.7 Å². The van der Waals surface area contributed by atoms with E-state index in [2.05, 4.69) is 10.3 Å². The van der Waals surface area contributed by atoms with Gasteiger partial charge in [-0.05, 0) is 36.4 Å². The Morgan fingerprint density at radius 1 is 1.22 bits per heavy atom. The number of anilines is 1. The molecule has 1 amide bonds. The molecule has 0 atom stereocenters. The summed E-state index contributed by atoms with van der Waals surface area (Å²) in [6, 6.07) is 8.71. The SMILES string of the molecule is O=C(Nc1nc2ccc(SC(F)F)cc2s1)c1ccc(Cl)c(S(=O)(=O)N2CCOCC2)c1. The van der Waals surface area contributed by atoms with Crippen molar-refractivity contribution in [3.63, 3.8) is 0 Å². The summed E-state index contributed by atoms with van der Waals surface area (Å²) in [6.07, 6.45) is 0. The van der Waals surface area contributed by atoms with Crippen molar-refractivity contribution in [3.05, 3.63) is 47.0 Å². The molecule has 1 aromatic heterocycles. The highest BCUT2D eigenvalue weighted by Gasteiger charge is 2.29. The number of fused-ring (bicyclic) bond motifs is 1. The van der Waals surface area contributed by atoms with Crippen LogP contribution in [0.15, 0.2) is 46.2 Å². The lowest BCUT2D eigenvalue weighted by molar-refractivity contribution is 0.0730. The summed E-state index contributed by atoms with van der Waals surface area (Å²) < 4.78 is 58.2. The van der Waals surface area contributed by atoms with Crippen LogP contribution in [0.3, 0.4) is 0 Å². The van der Waals surface area contributed by atoms with E-state index in [4.69, 9.17) is 16.3 Å². The van der Waals surface area contributed by atoms with E-state index in [9.17, 15) is 22.0 Å². The number of rotatable bonds is 6. The van der Waals surface area contributed by atoms with Crippen LogP contribution in [0.25, 0.3) is 10.2 Å². The predicted molar refractivity (Wildman–Crippen MR) is 120 cm³/mol. The number of thiazole rings is 1. The molecule has 0 radical (unpaired) electrons. The molecule has 0 spiro atoms. The largest absolute Gasteiger partial charge is 0.379 e. The van der Waals surface area contributed by atoms with Gasteiger partial charge in [0.05, 0.1) is 28.5 Å². The van der Waals surface area contributed by atoms with Crippen LogP contribution in [-0.2, 0) is 14.8 Å². The first-order valence-corrected chi connectivity index (χ1v) is 12.8. The average Bonchev–Trinajstić information content (AvgIpc) is 3.15. The van der Waals surface area contributed by atoms with Gasteiger partial charge in [0, 0.05) is 23.5 Å². The first-order valence-electron chi connectivity index (χ1n) is 9.28. The third kappa shape index (κ3) is 5.05. The monoisotopic (exact) mass is 519 g/mol. The quantitative estimate of drug-likeness (QED) is 0.481. The number of benzene rings is 2. The molecule has 1 N–H and O–H groups in total. The number of thioether (sulfide) groups is 1. The Balaban J connectivity index is 1.56. The molecule has 4 rings (SSSR count). The van der Waals surface area contributed by atoms with Gasteiger partial charge in [0.15, 0.2) is 5.13 Å². The molecule has 2 heterocycles. The summed E-state index contributed by atoms with van der Waals surface area (Å²) in [5.74, 6) is -3.10. The Labute approximate surface area is 195 Å². The number of nitrogens with one attached hydrogen (secondary N) is 1. The Hall–Kier alpha value is -1.83. The van der Waals surface area contributed by atoms with Crippen LogP contribution in [0.2, 0.25) is 5.02 Å². The number of ether oxygens (including phenoxy) is 1. The zero-order chi connectivity index (χ0) is 22.9. The van der Waals surface area contributed by atoms with Gasteiger partial charge in [0.25, 0.3) is 11.7 Å². The highest BCUT2D eigenvalue weighted by atomic mass is 35.5. The lowest BCUT2D eigenvalue weighted by Crippen LogP contribution is -2.40. The van der Waals surface area contributed by atoms with Crippen molar-refractivity contribution in [3.8, 4) is 0 Å². The maximum Gasteiger partial charge on any atom is 0.288 e. The van der Waals surface area contributed by atoms with E-state index >= 15 is 0 Å². The maximum atomic E-state index is 13.0. The molecule has 0 unspecified atom stereocenters. The molecule has 1 aliphatic rings. The van der Waals surface area contributed by atoms with Crippen LogP contribution >= 0.6 is 34.7 Å². The van der Waals surface area contributed by atoms with Crippen LogP contribution in [0.1, 0.15) is 10.4 Å². The zero-order valence-corrected chi connectivity index (χ0v) is 19.5. The van der Waals surface area contributed by atoms with Gasteiger partial charge in [-0.15, -0.1) is 0 Å². The molecule has 0 bridgehead atoms. The molecule has 1 fully saturated rings. The minimum atomic E-state index is -3.89. The highest BCUT2D eigenvalue weighted by molar-refractivity contribution is 7.99. The van der Waals surface area contributed by atoms with Crippen molar-refractivity contribution in [2.75, 3.05) is 31.6 Å². The van der Waals surface area contributed by atoms with Crippen LogP contribution in [0.5, 0.6) is 0 Å². The van der Waals surface area contributed by atoms with Crippen molar-refractivity contribution in [1.82, 2.24) is 9.29 Å². The predicted octanol–water partition coefficient (Wildman–Crippen LogP) is 4.54. The van der Waals surface area contributed by atoms with Gasteiger partial charge in [0.2, 0.25) is 10.0 Å². The van der Waals surface area contributed by atoms with Crippen LogP contribution in [0.4, 0.5) is 13.9 Å². The summed E-state index contributed by atoms with van der Waals surface area (Å²) in [5.41, 5.74) is 0.644. The fourth-order valence-electron chi connectivity index (χ4n) is 3.07. The number of nitrogens with zero attached hydrogens (tertiary/aromatic N) is 2. The normalized spacial score (nSPS) is 15.4. The van der Waals surface area contributed by atoms with E-state index in [0.717, 1.165) is 11.3 Å². The number of carbonyl (C=O) groups is 1. The third-order valence-corrected chi connectivity index (χ3v) is 8.60. The van der Waals surface area contributed by atoms with Gasteiger partial charge in [-0.1, -0.05) is 34.7 Å². The van der Waals surface area contributed by atoms with E-state index in [1.54, 1.807) is 12.1 Å². The number of sulfonamides is 1. The number of halogens is 3. The number of hydrogen-bond acceptors (Lipinski definition) is 7.